The van der Waals surface area contributed by atoms with Crippen LogP contribution in [0.2, 0.25) is 5.02 Å². The molecular weight excluding hydrogens is 337 g/mol. The maximum Gasteiger partial charge on any atom is 0.332 e. The summed E-state index contributed by atoms with van der Waals surface area (Å²) in [6, 6.07) is 5.70. The van der Waals surface area contributed by atoms with Gasteiger partial charge >= 0.3 is 5.69 Å². The smallest absolute Gasteiger partial charge is 0.332 e. The second kappa shape index (κ2) is 6.09. The van der Waals surface area contributed by atoms with Gasteiger partial charge in [-0.05, 0) is 18.2 Å². The van der Waals surface area contributed by atoms with Crippen LogP contribution in [0, 0.1) is 5.82 Å². The zero-order valence-electron chi connectivity index (χ0n) is 12.9. The Morgan fingerprint density at radius 3 is 2.71 bits per heavy atom. The number of rotatable bonds is 3. The van der Waals surface area contributed by atoms with Crippen LogP contribution in [-0.2, 0) is 13.6 Å². The summed E-state index contributed by atoms with van der Waals surface area (Å²) in [4.78, 5) is 29.3. The summed E-state index contributed by atoms with van der Waals surface area (Å²) in [7, 11) is 2.90. The Morgan fingerprint density at radius 1 is 1.29 bits per heavy atom. The number of aryl methyl sites for hydroxylation is 1. The molecule has 0 aliphatic carbocycles. The van der Waals surface area contributed by atoms with Crippen molar-refractivity contribution in [1.82, 2.24) is 14.1 Å². The second-order valence-corrected chi connectivity index (χ2v) is 5.55. The van der Waals surface area contributed by atoms with Gasteiger partial charge in [-0.25, -0.2) is 14.2 Å². The van der Waals surface area contributed by atoms with Crippen LogP contribution >= 0.6 is 11.6 Å². The minimum atomic E-state index is -0.618. The number of hydrogen-bond donors (Lipinski definition) is 0. The highest BCUT2D eigenvalue weighted by molar-refractivity contribution is 6.31. The molecule has 0 aliphatic heterocycles. The molecule has 0 aliphatic rings. The first-order valence-electron chi connectivity index (χ1n) is 7.01. The number of halogens is 2. The van der Waals surface area contributed by atoms with Gasteiger partial charge in [-0.1, -0.05) is 17.7 Å². The first-order chi connectivity index (χ1) is 11.5. The van der Waals surface area contributed by atoms with E-state index in [0.717, 1.165) is 4.57 Å². The fourth-order valence-electron chi connectivity index (χ4n) is 2.53. The van der Waals surface area contributed by atoms with E-state index in [1.165, 1.54) is 49.2 Å². The van der Waals surface area contributed by atoms with Gasteiger partial charge in [0.15, 0.2) is 5.65 Å². The van der Waals surface area contributed by atoms with Crippen molar-refractivity contribution in [2.75, 3.05) is 7.11 Å². The van der Waals surface area contributed by atoms with Crippen molar-refractivity contribution >= 4 is 22.6 Å². The Kier molecular flexibility index (Phi) is 4.11. The van der Waals surface area contributed by atoms with E-state index in [9.17, 15) is 14.0 Å². The third-order valence-corrected chi connectivity index (χ3v) is 4.14. The summed E-state index contributed by atoms with van der Waals surface area (Å²) in [6.07, 6.45) is 1.44. The molecule has 0 amide bonds. The molecule has 8 heteroatoms. The number of fused-ring (bicyclic) bond motifs is 1. The summed E-state index contributed by atoms with van der Waals surface area (Å²) in [5.41, 5.74) is -0.967. The Balaban J connectivity index is 2.34. The van der Waals surface area contributed by atoms with E-state index in [1.807, 2.05) is 0 Å². The molecule has 3 rings (SSSR count). The maximum atomic E-state index is 14.0. The van der Waals surface area contributed by atoms with E-state index >= 15 is 0 Å². The lowest BCUT2D eigenvalue weighted by molar-refractivity contribution is 0.418. The van der Waals surface area contributed by atoms with E-state index < -0.39 is 17.1 Å². The van der Waals surface area contributed by atoms with Crippen molar-refractivity contribution in [3.05, 3.63) is 67.7 Å². The van der Waals surface area contributed by atoms with Crippen molar-refractivity contribution < 1.29 is 9.13 Å². The first-order valence-corrected chi connectivity index (χ1v) is 7.39. The van der Waals surface area contributed by atoms with Crippen LogP contribution in [0.1, 0.15) is 5.56 Å². The van der Waals surface area contributed by atoms with Crippen LogP contribution in [-0.4, -0.2) is 21.2 Å². The highest BCUT2D eigenvalue weighted by Crippen LogP contribution is 2.21. The van der Waals surface area contributed by atoms with Gasteiger partial charge in [0.2, 0.25) is 0 Å². The van der Waals surface area contributed by atoms with E-state index in [0.29, 0.717) is 0 Å². The molecule has 3 aromatic rings. The predicted molar refractivity (Wildman–Crippen MR) is 88.3 cm³/mol. The minimum Gasteiger partial charge on any atom is -0.496 e. The van der Waals surface area contributed by atoms with Gasteiger partial charge in [0.05, 0.1) is 13.7 Å². The fourth-order valence-corrected chi connectivity index (χ4v) is 2.76. The zero-order chi connectivity index (χ0) is 17.4. The molecule has 0 N–H and O–H groups in total. The standard InChI is InChI=1S/C16H13ClFN3O3/c1-20-14-13(12(24-2)6-7-19-14)15(22)21(16(20)23)8-9-10(17)4-3-5-11(9)18/h3-7H,8H2,1-2H3. The van der Waals surface area contributed by atoms with Gasteiger partial charge in [-0.3, -0.25) is 13.9 Å². The van der Waals surface area contributed by atoms with Crippen LogP contribution in [0.4, 0.5) is 4.39 Å². The molecule has 0 atom stereocenters. The fraction of sp³-hybridized carbons (Fsp3) is 0.188. The highest BCUT2D eigenvalue weighted by atomic mass is 35.5. The number of nitrogens with zero attached hydrogens (tertiary/aromatic N) is 3. The number of hydrogen-bond acceptors (Lipinski definition) is 4. The third kappa shape index (κ3) is 2.46. The average molecular weight is 350 g/mol. The van der Waals surface area contributed by atoms with Crippen molar-refractivity contribution in [2.24, 2.45) is 7.05 Å². The largest absolute Gasteiger partial charge is 0.496 e. The lowest BCUT2D eigenvalue weighted by Gasteiger charge is -2.13. The summed E-state index contributed by atoms with van der Waals surface area (Å²) in [6.45, 7) is -0.287. The van der Waals surface area contributed by atoms with Gasteiger partial charge in [0.25, 0.3) is 5.56 Å². The van der Waals surface area contributed by atoms with Gasteiger partial charge < -0.3 is 4.74 Å². The van der Waals surface area contributed by atoms with Crippen LogP contribution < -0.4 is 16.0 Å². The van der Waals surface area contributed by atoms with Gasteiger partial charge in [0.1, 0.15) is 17.0 Å². The van der Waals surface area contributed by atoms with E-state index in [4.69, 9.17) is 16.3 Å². The van der Waals surface area contributed by atoms with Gasteiger partial charge in [-0.2, -0.15) is 0 Å². The quantitative estimate of drug-likeness (QED) is 0.725. The van der Waals surface area contributed by atoms with Crippen LogP contribution in [0.25, 0.3) is 11.0 Å². The maximum absolute atomic E-state index is 14.0. The van der Waals surface area contributed by atoms with Crippen molar-refractivity contribution in [3.63, 3.8) is 0 Å². The molecule has 0 unspecified atom stereocenters. The van der Waals surface area contributed by atoms with Gasteiger partial charge in [-0.15, -0.1) is 0 Å². The molecular formula is C16H13ClFN3O3. The van der Waals surface area contributed by atoms with Crippen LogP contribution in [0.3, 0.4) is 0 Å². The molecule has 0 saturated carbocycles. The Labute approximate surface area is 140 Å². The normalized spacial score (nSPS) is 11.0. The van der Waals surface area contributed by atoms with Crippen LogP contribution in [0.5, 0.6) is 5.75 Å². The van der Waals surface area contributed by atoms with E-state index in [1.54, 1.807) is 0 Å². The topological polar surface area (TPSA) is 66.1 Å². The van der Waals surface area contributed by atoms with E-state index in [-0.39, 0.29) is 33.9 Å². The Hall–Kier alpha value is -2.67. The Morgan fingerprint density at radius 2 is 2.04 bits per heavy atom. The molecule has 0 fully saturated rings. The first kappa shape index (κ1) is 16.2. The molecule has 6 nitrogen and oxygen atoms in total. The Bertz CT molecular complexity index is 1040. The summed E-state index contributed by atoms with van der Waals surface area (Å²) in [5, 5.41) is 0.289. The summed E-state index contributed by atoms with van der Waals surface area (Å²) in [5.74, 6) is -0.302. The number of ether oxygens (including phenoxy) is 1. The van der Waals surface area contributed by atoms with E-state index in [2.05, 4.69) is 4.98 Å². The lowest BCUT2D eigenvalue weighted by atomic mass is 10.2. The highest BCUT2D eigenvalue weighted by Gasteiger charge is 2.18. The molecule has 2 aromatic heterocycles. The number of methoxy groups -OCH3 is 1. The molecule has 24 heavy (non-hydrogen) atoms. The summed E-state index contributed by atoms with van der Waals surface area (Å²) >= 11 is 6.00. The average Bonchev–Trinajstić information content (AvgIpc) is 2.58. The minimum absolute atomic E-state index is 0.0700. The monoisotopic (exact) mass is 349 g/mol. The molecule has 0 radical (unpaired) electrons. The SMILES string of the molecule is COc1ccnc2c1c(=O)n(Cc1c(F)cccc1Cl)c(=O)n2C. The third-order valence-electron chi connectivity index (χ3n) is 3.79. The number of benzene rings is 1. The molecule has 0 saturated heterocycles. The van der Waals surface area contributed by atoms with Crippen molar-refractivity contribution in [2.45, 2.75) is 6.54 Å². The molecule has 2 heterocycles. The molecule has 0 bridgehead atoms. The van der Waals surface area contributed by atoms with Crippen molar-refractivity contribution in [1.29, 1.82) is 0 Å². The van der Waals surface area contributed by atoms with Crippen molar-refractivity contribution in [3.8, 4) is 5.75 Å². The summed E-state index contributed by atoms with van der Waals surface area (Å²) < 4.78 is 21.3. The number of aromatic nitrogens is 3. The predicted octanol–water partition coefficient (Wildman–Crippen LogP) is 1.94. The number of pyridine rings is 1. The molecule has 0 spiro atoms. The van der Waals surface area contributed by atoms with Gasteiger partial charge in [0, 0.05) is 23.8 Å². The lowest BCUT2D eigenvalue weighted by Crippen LogP contribution is -2.40. The van der Waals surface area contributed by atoms with Crippen LogP contribution in [0.15, 0.2) is 40.1 Å². The second-order valence-electron chi connectivity index (χ2n) is 5.14. The molecule has 1 aromatic carbocycles. The molecule has 124 valence electrons. The zero-order valence-corrected chi connectivity index (χ0v) is 13.7.